The first-order valence-corrected chi connectivity index (χ1v) is 7.25. The van der Waals surface area contributed by atoms with Crippen LogP contribution in [0, 0.1) is 0 Å². The minimum absolute atomic E-state index is 0.00385. The molecule has 0 atom stereocenters. The molecule has 0 aromatic rings. The van der Waals surface area contributed by atoms with E-state index >= 15 is 0 Å². The van der Waals surface area contributed by atoms with Crippen molar-refractivity contribution in [2.24, 2.45) is 5.73 Å². The number of amides is 4. The molecule has 4 N–H and O–H groups in total. The second kappa shape index (κ2) is 5.88. The van der Waals surface area contributed by atoms with E-state index < -0.39 is 5.54 Å². The number of likely N-dealkylation sites (tertiary alicyclic amines) is 1. The first-order valence-electron chi connectivity index (χ1n) is 7.25. The maximum Gasteiger partial charge on any atom is 0.319 e. The van der Waals surface area contributed by atoms with Crippen molar-refractivity contribution >= 4 is 17.8 Å². The van der Waals surface area contributed by atoms with Crippen molar-refractivity contribution in [1.29, 1.82) is 0 Å². The molecule has 0 saturated carbocycles. The summed E-state index contributed by atoms with van der Waals surface area (Å²) in [6.07, 6.45) is 0.881. The summed E-state index contributed by atoms with van der Waals surface area (Å²) in [6, 6.07) is -0.244. The van der Waals surface area contributed by atoms with Gasteiger partial charge >= 0.3 is 6.03 Å². The number of hydrogen-bond acceptors (Lipinski definition) is 4. The molecule has 0 radical (unpaired) electrons. The molecule has 2 fully saturated rings. The molecule has 0 aromatic heterocycles. The Kier molecular flexibility index (Phi) is 4.36. The van der Waals surface area contributed by atoms with Crippen LogP contribution in [0.4, 0.5) is 4.79 Å². The van der Waals surface area contributed by atoms with Gasteiger partial charge in [-0.1, -0.05) is 0 Å². The normalized spacial score (nSPS) is 20.9. The van der Waals surface area contributed by atoms with Gasteiger partial charge in [-0.15, -0.1) is 0 Å². The molecule has 4 amide bonds. The minimum atomic E-state index is -0.843. The fourth-order valence-corrected chi connectivity index (χ4v) is 2.93. The van der Waals surface area contributed by atoms with Crippen molar-refractivity contribution in [3.05, 3.63) is 0 Å². The van der Waals surface area contributed by atoms with Crippen molar-refractivity contribution < 1.29 is 14.4 Å². The highest BCUT2D eigenvalue weighted by Crippen LogP contribution is 2.32. The van der Waals surface area contributed by atoms with Crippen molar-refractivity contribution in [1.82, 2.24) is 20.4 Å². The minimum Gasteiger partial charge on any atom is -0.341 e. The molecular formula is C13H23N5O3. The average Bonchev–Trinajstić information content (AvgIpc) is 2.75. The lowest BCUT2D eigenvalue weighted by Gasteiger charge is -2.42. The van der Waals surface area contributed by atoms with Crippen LogP contribution < -0.4 is 16.4 Å². The van der Waals surface area contributed by atoms with Gasteiger partial charge in [-0.3, -0.25) is 14.5 Å². The predicted molar refractivity (Wildman–Crippen MR) is 76.1 cm³/mol. The Labute approximate surface area is 124 Å². The zero-order chi connectivity index (χ0) is 15.6. The predicted octanol–water partition coefficient (Wildman–Crippen LogP) is -1.19. The fourth-order valence-electron chi connectivity index (χ4n) is 2.93. The zero-order valence-electron chi connectivity index (χ0n) is 12.5. The van der Waals surface area contributed by atoms with Gasteiger partial charge in [-0.25, -0.2) is 4.79 Å². The second-order valence-corrected chi connectivity index (χ2v) is 5.81. The van der Waals surface area contributed by atoms with Crippen LogP contribution in [0.2, 0.25) is 0 Å². The van der Waals surface area contributed by atoms with Crippen LogP contribution in [0.5, 0.6) is 0 Å². The van der Waals surface area contributed by atoms with Gasteiger partial charge in [0.2, 0.25) is 11.8 Å². The Bertz CT molecular complexity index is 443. The highest BCUT2D eigenvalue weighted by molar-refractivity contribution is 5.94. The average molecular weight is 297 g/mol. The molecule has 0 aliphatic carbocycles. The number of carbonyl (C=O) groups excluding carboxylic acids is 3. The van der Waals surface area contributed by atoms with Gasteiger partial charge in [-0.2, -0.15) is 0 Å². The molecule has 8 heteroatoms. The summed E-state index contributed by atoms with van der Waals surface area (Å²) in [5.41, 5.74) is 4.52. The van der Waals surface area contributed by atoms with Gasteiger partial charge < -0.3 is 21.3 Å². The second-order valence-electron chi connectivity index (χ2n) is 5.81. The van der Waals surface area contributed by atoms with Crippen LogP contribution in [0.3, 0.4) is 0 Å². The molecule has 0 unspecified atom stereocenters. The fraction of sp³-hybridized carbons (Fsp3) is 0.769. The molecule has 21 heavy (non-hydrogen) atoms. The molecule has 2 saturated heterocycles. The summed E-state index contributed by atoms with van der Waals surface area (Å²) in [6.45, 7) is 4.81. The van der Waals surface area contributed by atoms with Crippen LogP contribution in [0.15, 0.2) is 0 Å². The molecule has 2 heterocycles. The Hall–Kier alpha value is -1.83. The van der Waals surface area contributed by atoms with Crippen LogP contribution in [-0.4, -0.2) is 65.5 Å². The monoisotopic (exact) mass is 297 g/mol. The van der Waals surface area contributed by atoms with Crippen molar-refractivity contribution in [3.8, 4) is 0 Å². The maximum atomic E-state index is 12.3. The van der Waals surface area contributed by atoms with E-state index in [1.54, 1.807) is 9.80 Å². The van der Waals surface area contributed by atoms with Crippen LogP contribution >= 0.6 is 0 Å². The van der Waals surface area contributed by atoms with Crippen molar-refractivity contribution in [2.75, 3.05) is 26.3 Å². The lowest BCUT2D eigenvalue weighted by atomic mass is 9.86. The van der Waals surface area contributed by atoms with Gasteiger partial charge in [0, 0.05) is 19.1 Å². The molecule has 2 rings (SSSR count). The van der Waals surface area contributed by atoms with Crippen molar-refractivity contribution in [2.45, 2.75) is 38.3 Å². The molecule has 2 aliphatic rings. The van der Waals surface area contributed by atoms with Gasteiger partial charge in [0.05, 0.1) is 13.2 Å². The van der Waals surface area contributed by atoms with E-state index in [0.29, 0.717) is 25.9 Å². The number of urea groups is 1. The van der Waals surface area contributed by atoms with E-state index in [1.807, 2.05) is 13.8 Å². The summed E-state index contributed by atoms with van der Waals surface area (Å²) in [7, 11) is 0. The molecule has 1 spiro atoms. The Morgan fingerprint density at radius 3 is 2.52 bits per heavy atom. The van der Waals surface area contributed by atoms with E-state index in [2.05, 4.69) is 10.6 Å². The van der Waals surface area contributed by atoms with Crippen LogP contribution in [0.25, 0.3) is 0 Å². The highest BCUT2D eigenvalue weighted by atomic mass is 16.2. The largest absolute Gasteiger partial charge is 0.341 e. The Morgan fingerprint density at radius 2 is 2.00 bits per heavy atom. The van der Waals surface area contributed by atoms with E-state index in [0.717, 1.165) is 0 Å². The number of nitrogens with two attached hydrogens (primary N) is 1. The van der Waals surface area contributed by atoms with Crippen LogP contribution in [0.1, 0.15) is 26.7 Å². The van der Waals surface area contributed by atoms with Gasteiger partial charge in [0.25, 0.3) is 0 Å². The summed E-state index contributed by atoms with van der Waals surface area (Å²) in [4.78, 5) is 39.3. The summed E-state index contributed by atoms with van der Waals surface area (Å²) >= 11 is 0. The highest BCUT2D eigenvalue weighted by Gasteiger charge is 2.52. The SMILES string of the molecule is CC(C)NC(=O)N1CNC(=O)C12CCN(C(=O)CN)CC2. The van der Waals surface area contributed by atoms with Gasteiger partial charge in [-0.05, 0) is 26.7 Å². The number of carbonyl (C=O) groups is 3. The summed E-state index contributed by atoms with van der Waals surface area (Å²) in [5.74, 6) is -0.261. The molecule has 8 nitrogen and oxygen atoms in total. The van der Waals surface area contributed by atoms with Crippen LogP contribution in [-0.2, 0) is 9.59 Å². The molecule has 118 valence electrons. The third-order valence-corrected chi connectivity index (χ3v) is 4.11. The van der Waals surface area contributed by atoms with E-state index in [4.69, 9.17) is 5.73 Å². The number of nitrogens with zero attached hydrogens (tertiary/aromatic N) is 2. The molecule has 0 aromatic carbocycles. The van der Waals surface area contributed by atoms with Crippen molar-refractivity contribution in [3.63, 3.8) is 0 Å². The number of nitrogens with one attached hydrogen (secondary N) is 2. The standard InChI is InChI=1S/C13H23N5O3/c1-9(2)16-12(21)18-8-15-11(20)13(18)3-5-17(6-4-13)10(19)7-14/h9H,3-8,14H2,1-2H3,(H,15,20)(H,16,21). The molecular weight excluding hydrogens is 274 g/mol. The first kappa shape index (κ1) is 15.6. The van der Waals surface area contributed by atoms with Gasteiger partial charge in [0.1, 0.15) is 5.54 Å². The number of piperidine rings is 1. The maximum absolute atomic E-state index is 12.3. The van der Waals surface area contributed by atoms with E-state index in [9.17, 15) is 14.4 Å². The third-order valence-electron chi connectivity index (χ3n) is 4.11. The molecule has 2 aliphatic heterocycles. The first-order chi connectivity index (χ1) is 9.90. The zero-order valence-corrected chi connectivity index (χ0v) is 12.5. The lowest BCUT2D eigenvalue weighted by Crippen LogP contribution is -2.60. The molecule has 0 bridgehead atoms. The van der Waals surface area contributed by atoms with E-state index in [-0.39, 0.29) is 37.1 Å². The Morgan fingerprint density at radius 1 is 1.38 bits per heavy atom. The van der Waals surface area contributed by atoms with Gasteiger partial charge in [0.15, 0.2) is 0 Å². The Balaban J connectivity index is 2.10. The lowest BCUT2D eigenvalue weighted by molar-refractivity contribution is -0.136. The smallest absolute Gasteiger partial charge is 0.319 e. The summed E-state index contributed by atoms with van der Waals surface area (Å²) in [5, 5.41) is 5.56. The third kappa shape index (κ3) is 2.80. The quantitative estimate of drug-likeness (QED) is 0.596. The topological polar surface area (TPSA) is 108 Å². The van der Waals surface area contributed by atoms with E-state index in [1.165, 1.54) is 0 Å². The number of hydrogen-bond donors (Lipinski definition) is 3. The number of rotatable bonds is 2. The summed E-state index contributed by atoms with van der Waals surface area (Å²) < 4.78 is 0.